The molecule has 3 aromatic rings. The van der Waals surface area contributed by atoms with Crippen molar-refractivity contribution in [1.29, 1.82) is 0 Å². The van der Waals surface area contributed by atoms with Crippen molar-refractivity contribution >= 4 is 28.8 Å². The monoisotopic (exact) mass is 361 g/mol. The Morgan fingerprint density at radius 1 is 1.19 bits per heavy atom. The van der Waals surface area contributed by atoms with Gasteiger partial charge in [-0.1, -0.05) is 24.3 Å². The van der Waals surface area contributed by atoms with E-state index in [1.165, 1.54) is 0 Å². The summed E-state index contributed by atoms with van der Waals surface area (Å²) in [5.41, 5.74) is 5.15. The first-order valence-electron chi connectivity index (χ1n) is 8.77. The average molecular weight is 361 g/mol. The third-order valence-electron chi connectivity index (χ3n) is 4.32. The van der Waals surface area contributed by atoms with E-state index in [1.807, 2.05) is 41.3 Å². The number of benzene rings is 1. The first-order chi connectivity index (χ1) is 13.3. The van der Waals surface area contributed by atoms with Crippen LogP contribution in [-0.2, 0) is 4.74 Å². The molecule has 4 rings (SSSR count). The maximum atomic E-state index is 13.0. The molecule has 0 saturated carbocycles. The molecule has 1 aromatic carbocycles. The molecule has 1 aliphatic heterocycles. The van der Waals surface area contributed by atoms with Crippen molar-refractivity contribution in [3.8, 4) is 0 Å². The second-order valence-corrected chi connectivity index (χ2v) is 6.13. The molecule has 1 fully saturated rings. The van der Waals surface area contributed by atoms with Crippen LogP contribution in [0.25, 0.3) is 10.9 Å². The fraction of sp³-hybridized carbons (Fsp3) is 0.200. The lowest BCUT2D eigenvalue weighted by molar-refractivity contribution is 0.0304. The van der Waals surface area contributed by atoms with Gasteiger partial charge in [0.25, 0.3) is 5.91 Å². The Kier molecular flexibility index (Phi) is 5.02. The van der Waals surface area contributed by atoms with Crippen LogP contribution >= 0.6 is 0 Å². The zero-order valence-electron chi connectivity index (χ0n) is 14.7. The number of morpholine rings is 1. The fourth-order valence-corrected chi connectivity index (χ4v) is 2.97. The molecular weight excluding hydrogens is 342 g/mol. The minimum Gasteiger partial charge on any atom is -0.378 e. The maximum Gasteiger partial charge on any atom is 0.254 e. The van der Waals surface area contributed by atoms with E-state index in [4.69, 9.17) is 4.74 Å². The van der Waals surface area contributed by atoms with Gasteiger partial charge in [-0.05, 0) is 18.2 Å². The van der Waals surface area contributed by atoms with Crippen molar-refractivity contribution in [2.75, 3.05) is 31.7 Å². The Morgan fingerprint density at radius 3 is 2.85 bits per heavy atom. The number of ether oxygens (including phenoxy) is 1. The molecule has 0 bridgehead atoms. The molecule has 1 saturated heterocycles. The van der Waals surface area contributed by atoms with E-state index in [2.05, 4.69) is 20.5 Å². The molecular formula is C20H19N5O2. The Hall–Kier alpha value is -3.32. The molecule has 27 heavy (non-hydrogen) atoms. The number of rotatable bonds is 4. The third kappa shape index (κ3) is 3.93. The number of nitrogens with one attached hydrogen (secondary N) is 1. The van der Waals surface area contributed by atoms with E-state index in [-0.39, 0.29) is 5.91 Å². The van der Waals surface area contributed by atoms with Crippen molar-refractivity contribution in [2.45, 2.75) is 0 Å². The highest BCUT2D eigenvalue weighted by atomic mass is 16.5. The molecule has 1 aliphatic rings. The maximum absolute atomic E-state index is 13.0. The number of carbonyl (C=O) groups is 1. The quantitative estimate of drug-likeness (QED) is 0.571. The van der Waals surface area contributed by atoms with Gasteiger partial charge in [-0.15, -0.1) is 0 Å². The van der Waals surface area contributed by atoms with Crippen LogP contribution in [0.2, 0.25) is 0 Å². The van der Waals surface area contributed by atoms with Crippen molar-refractivity contribution < 1.29 is 9.53 Å². The standard InChI is InChI=1S/C20H19N5O2/c26-20(25-8-10-27-11-9-25)17-12-19(23-18-6-2-1-5-16(17)18)24-22-14-15-4-3-7-21-13-15/h1-7,12-14H,8-11H2,(H,23,24)/b22-14+. The molecule has 0 radical (unpaired) electrons. The van der Waals surface area contributed by atoms with E-state index in [1.54, 1.807) is 24.7 Å². The van der Waals surface area contributed by atoms with Gasteiger partial charge in [-0.2, -0.15) is 5.10 Å². The molecule has 7 heteroatoms. The van der Waals surface area contributed by atoms with Crippen molar-refractivity contribution in [2.24, 2.45) is 5.10 Å². The topological polar surface area (TPSA) is 79.7 Å². The number of hydrazone groups is 1. The van der Waals surface area contributed by atoms with Gasteiger partial charge < -0.3 is 9.64 Å². The average Bonchev–Trinajstić information content (AvgIpc) is 2.74. The van der Waals surface area contributed by atoms with Crippen molar-refractivity contribution in [1.82, 2.24) is 14.9 Å². The molecule has 2 aromatic heterocycles. The second kappa shape index (κ2) is 7.92. The number of nitrogens with zero attached hydrogens (tertiary/aromatic N) is 4. The summed E-state index contributed by atoms with van der Waals surface area (Å²) < 4.78 is 5.35. The first-order valence-corrected chi connectivity index (χ1v) is 8.77. The Bertz CT molecular complexity index is 969. The molecule has 1 amide bonds. The molecule has 0 unspecified atom stereocenters. The predicted octanol–water partition coefficient (Wildman–Crippen LogP) is 2.55. The van der Waals surface area contributed by atoms with Crippen LogP contribution < -0.4 is 5.43 Å². The fourth-order valence-electron chi connectivity index (χ4n) is 2.97. The number of hydrogen-bond donors (Lipinski definition) is 1. The van der Waals surface area contributed by atoms with Gasteiger partial charge in [0.1, 0.15) is 5.82 Å². The van der Waals surface area contributed by atoms with Crippen LogP contribution in [0.1, 0.15) is 15.9 Å². The number of anilines is 1. The van der Waals surface area contributed by atoms with Crippen LogP contribution in [0.4, 0.5) is 5.82 Å². The van der Waals surface area contributed by atoms with Gasteiger partial charge in [0.15, 0.2) is 0 Å². The van der Waals surface area contributed by atoms with Crippen LogP contribution in [-0.4, -0.2) is 53.3 Å². The number of amides is 1. The molecule has 0 atom stereocenters. The largest absolute Gasteiger partial charge is 0.378 e. The van der Waals surface area contributed by atoms with Gasteiger partial charge in [0, 0.05) is 36.4 Å². The molecule has 136 valence electrons. The van der Waals surface area contributed by atoms with E-state index in [0.29, 0.717) is 37.7 Å². The van der Waals surface area contributed by atoms with Crippen LogP contribution in [0, 0.1) is 0 Å². The van der Waals surface area contributed by atoms with E-state index >= 15 is 0 Å². The Morgan fingerprint density at radius 2 is 2.04 bits per heavy atom. The number of pyridine rings is 2. The SMILES string of the molecule is O=C(c1cc(N/N=C/c2cccnc2)nc2ccccc12)N1CCOCC1. The number of aromatic nitrogens is 2. The van der Waals surface area contributed by atoms with Gasteiger partial charge in [0.05, 0.1) is 30.5 Å². The summed E-state index contributed by atoms with van der Waals surface area (Å²) in [6.45, 7) is 2.32. The van der Waals surface area contributed by atoms with E-state index in [9.17, 15) is 4.79 Å². The first kappa shape index (κ1) is 17.1. The summed E-state index contributed by atoms with van der Waals surface area (Å²) in [5, 5.41) is 5.04. The smallest absolute Gasteiger partial charge is 0.254 e. The zero-order chi connectivity index (χ0) is 18.5. The Labute approximate surface area is 156 Å². The highest BCUT2D eigenvalue weighted by Gasteiger charge is 2.21. The lowest BCUT2D eigenvalue weighted by Crippen LogP contribution is -2.40. The predicted molar refractivity (Wildman–Crippen MR) is 104 cm³/mol. The van der Waals surface area contributed by atoms with Crippen molar-refractivity contribution in [3.05, 3.63) is 66.0 Å². The van der Waals surface area contributed by atoms with Crippen LogP contribution in [0.3, 0.4) is 0 Å². The molecule has 1 N–H and O–H groups in total. The van der Waals surface area contributed by atoms with Gasteiger partial charge >= 0.3 is 0 Å². The summed E-state index contributed by atoms with van der Waals surface area (Å²) in [6.07, 6.45) is 5.08. The summed E-state index contributed by atoms with van der Waals surface area (Å²) in [5.74, 6) is 0.502. The van der Waals surface area contributed by atoms with Crippen molar-refractivity contribution in [3.63, 3.8) is 0 Å². The summed E-state index contributed by atoms with van der Waals surface area (Å²) in [6, 6.07) is 13.1. The zero-order valence-corrected chi connectivity index (χ0v) is 14.7. The molecule has 7 nitrogen and oxygen atoms in total. The van der Waals surface area contributed by atoms with Gasteiger partial charge in [0.2, 0.25) is 0 Å². The Balaban J connectivity index is 1.63. The van der Waals surface area contributed by atoms with Gasteiger partial charge in [-0.3, -0.25) is 15.2 Å². The number of carbonyl (C=O) groups excluding carboxylic acids is 1. The minimum atomic E-state index is -0.0174. The minimum absolute atomic E-state index is 0.0174. The molecule has 3 heterocycles. The lowest BCUT2D eigenvalue weighted by Gasteiger charge is -2.27. The van der Waals surface area contributed by atoms with Gasteiger partial charge in [-0.25, -0.2) is 4.98 Å². The number of para-hydroxylation sites is 1. The summed E-state index contributed by atoms with van der Waals surface area (Å²) >= 11 is 0. The van der Waals surface area contributed by atoms with Crippen LogP contribution in [0.15, 0.2) is 60.0 Å². The highest BCUT2D eigenvalue weighted by Crippen LogP contribution is 2.22. The molecule has 0 aliphatic carbocycles. The summed E-state index contributed by atoms with van der Waals surface area (Å²) in [4.78, 5) is 23.4. The van der Waals surface area contributed by atoms with Crippen LogP contribution in [0.5, 0.6) is 0 Å². The highest BCUT2D eigenvalue weighted by molar-refractivity contribution is 6.07. The van der Waals surface area contributed by atoms with E-state index in [0.717, 1.165) is 16.5 Å². The third-order valence-corrected chi connectivity index (χ3v) is 4.32. The van der Waals surface area contributed by atoms with E-state index < -0.39 is 0 Å². The normalized spacial score (nSPS) is 14.6. The molecule has 0 spiro atoms. The number of hydrogen-bond acceptors (Lipinski definition) is 6. The second-order valence-electron chi connectivity index (χ2n) is 6.13. The number of fused-ring (bicyclic) bond motifs is 1. The summed E-state index contributed by atoms with van der Waals surface area (Å²) in [7, 11) is 0. The lowest BCUT2D eigenvalue weighted by atomic mass is 10.1.